The summed E-state index contributed by atoms with van der Waals surface area (Å²) in [5.41, 5.74) is 9.44. The third-order valence-electron chi connectivity index (χ3n) is 3.93. The minimum Gasteiger partial charge on any atom is -0.496 e. The number of nitrogen functional groups attached to an aromatic ring is 1. The van der Waals surface area contributed by atoms with E-state index in [0.29, 0.717) is 28.0 Å². The number of benzene rings is 1. The zero-order chi connectivity index (χ0) is 17.4. The summed E-state index contributed by atoms with van der Waals surface area (Å²) in [5, 5.41) is 4.63. The van der Waals surface area contributed by atoms with E-state index in [1.165, 1.54) is 0 Å². The van der Waals surface area contributed by atoms with Crippen molar-refractivity contribution in [1.29, 1.82) is 0 Å². The molecule has 3 rings (SSSR count). The molecule has 0 unspecified atom stereocenters. The third kappa shape index (κ3) is 2.38. The van der Waals surface area contributed by atoms with Gasteiger partial charge in [0.1, 0.15) is 22.9 Å². The number of aromatic amines is 1. The highest BCUT2D eigenvalue weighted by atomic mass is 16.5. The summed E-state index contributed by atoms with van der Waals surface area (Å²) in [5.74, 6) is 1.09. The standard InChI is InChI=1S/C17H19N3O4/c1-5-23-17(21)15-10-7-13(22-4)11(6-12(10)19-16(15)18)14-8(2)20-24-9(14)3/h6-7,19H,5,18H2,1-4H3. The van der Waals surface area contributed by atoms with Gasteiger partial charge in [-0.15, -0.1) is 0 Å². The van der Waals surface area contributed by atoms with E-state index < -0.39 is 5.97 Å². The van der Waals surface area contributed by atoms with Gasteiger partial charge in [0.15, 0.2) is 0 Å². The summed E-state index contributed by atoms with van der Waals surface area (Å²) < 4.78 is 15.8. The van der Waals surface area contributed by atoms with E-state index >= 15 is 0 Å². The molecule has 2 heterocycles. The molecule has 24 heavy (non-hydrogen) atoms. The Morgan fingerprint density at radius 3 is 2.71 bits per heavy atom. The van der Waals surface area contributed by atoms with Gasteiger partial charge in [0.25, 0.3) is 0 Å². The van der Waals surface area contributed by atoms with Crippen LogP contribution in [-0.2, 0) is 4.74 Å². The van der Waals surface area contributed by atoms with Crippen molar-refractivity contribution >= 4 is 22.7 Å². The largest absolute Gasteiger partial charge is 0.496 e. The second kappa shape index (κ2) is 5.92. The van der Waals surface area contributed by atoms with Gasteiger partial charge in [-0.2, -0.15) is 0 Å². The van der Waals surface area contributed by atoms with Gasteiger partial charge in [0, 0.05) is 16.5 Å². The molecule has 0 saturated heterocycles. The van der Waals surface area contributed by atoms with Crippen molar-refractivity contribution < 1.29 is 18.8 Å². The van der Waals surface area contributed by atoms with Crippen molar-refractivity contribution in [2.75, 3.05) is 19.5 Å². The second-order valence-electron chi connectivity index (χ2n) is 5.43. The highest BCUT2D eigenvalue weighted by molar-refractivity contribution is 6.10. The summed E-state index contributed by atoms with van der Waals surface area (Å²) in [6.45, 7) is 5.73. The number of anilines is 1. The first-order valence-corrected chi connectivity index (χ1v) is 7.57. The SMILES string of the molecule is CCOC(=O)c1c(N)[nH]c2cc(-c3c(C)noc3C)c(OC)cc12. The Balaban J connectivity index is 2.27. The molecule has 2 aromatic heterocycles. The Labute approximate surface area is 138 Å². The molecule has 0 aliphatic carbocycles. The highest BCUT2D eigenvalue weighted by Crippen LogP contribution is 2.39. The fourth-order valence-electron chi connectivity index (χ4n) is 2.90. The Kier molecular flexibility index (Phi) is 3.92. The molecule has 3 N–H and O–H groups in total. The van der Waals surface area contributed by atoms with E-state index in [-0.39, 0.29) is 12.4 Å². The summed E-state index contributed by atoms with van der Waals surface area (Å²) >= 11 is 0. The van der Waals surface area contributed by atoms with Gasteiger partial charge >= 0.3 is 5.97 Å². The Morgan fingerprint density at radius 1 is 1.38 bits per heavy atom. The lowest BCUT2D eigenvalue weighted by Gasteiger charge is -2.09. The molecule has 7 heteroatoms. The predicted molar refractivity (Wildman–Crippen MR) is 90.2 cm³/mol. The number of hydrogen-bond acceptors (Lipinski definition) is 6. The first-order chi connectivity index (χ1) is 11.5. The van der Waals surface area contributed by atoms with Crippen LogP contribution in [0.1, 0.15) is 28.7 Å². The van der Waals surface area contributed by atoms with Crippen LogP contribution in [0.4, 0.5) is 5.82 Å². The van der Waals surface area contributed by atoms with Crippen molar-refractivity contribution in [1.82, 2.24) is 10.1 Å². The van der Waals surface area contributed by atoms with Crippen LogP contribution in [0, 0.1) is 13.8 Å². The van der Waals surface area contributed by atoms with Crippen LogP contribution in [0.5, 0.6) is 5.75 Å². The lowest BCUT2D eigenvalue weighted by atomic mass is 10.0. The monoisotopic (exact) mass is 329 g/mol. The van der Waals surface area contributed by atoms with Crippen LogP contribution in [-0.4, -0.2) is 29.8 Å². The highest BCUT2D eigenvalue weighted by Gasteiger charge is 2.22. The van der Waals surface area contributed by atoms with Crippen molar-refractivity contribution in [2.45, 2.75) is 20.8 Å². The molecule has 126 valence electrons. The van der Waals surface area contributed by atoms with Gasteiger partial charge in [-0.05, 0) is 32.9 Å². The number of nitrogens with zero attached hydrogens (tertiary/aromatic N) is 1. The molecule has 0 aliphatic heterocycles. The number of aromatic nitrogens is 2. The zero-order valence-corrected chi connectivity index (χ0v) is 14.0. The molecule has 0 bridgehead atoms. The number of carbonyl (C=O) groups excluding carboxylic acids is 1. The van der Waals surface area contributed by atoms with Gasteiger partial charge in [-0.3, -0.25) is 0 Å². The molecule has 0 spiro atoms. The molecular weight excluding hydrogens is 310 g/mol. The van der Waals surface area contributed by atoms with E-state index in [2.05, 4.69) is 10.1 Å². The average molecular weight is 329 g/mol. The van der Waals surface area contributed by atoms with Crippen LogP contribution in [0.3, 0.4) is 0 Å². The van der Waals surface area contributed by atoms with Crippen LogP contribution in [0.15, 0.2) is 16.7 Å². The normalized spacial score (nSPS) is 11.0. The third-order valence-corrected chi connectivity index (χ3v) is 3.93. The van der Waals surface area contributed by atoms with Gasteiger partial charge in [0.05, 0.1) is 25.0 Å². The number of ether oxygens (including phenoxy) is 2. The Hall–Kier alpha value is -2.96. The first kappa shape index (κ1) is 15.9. The molecule has 0 fully saturated rings. The maximum absolute atomic E-state index is 12.2. The molecule has 7 nitrogen and oxygen atoms in total. The van der Waals surface area contributed by atoms with Gasteiger partial charge in [-0.25, -0.2) is 4.79 Å². The summed E-state index contributed by atoms with van der Waals surface area (Å²) in [7, 11) is 1.57. The molecule has 1 aromatic carbocycles. The van der Waals surface area contributed by atoms with E-state index in [9.17, 15) is 4.79 Å². The predicted octanol–water partition coefficient (Wildman–Crippen LogP) is 3.21. The van der Waals surface area contributed by atoms with Crippen LogP contribution in [0.25, 0.3) is 22.0 Å². The fraction of sp³-hybridized carbons (Fsp3) is 0.294. The van der Waals surface area contributed by atoms with Crippen LogP contribution >= 0.6 is 0 Å². The summed E-state index contributed by atoms with van der Waals surface area (Å²) in [6, 6.07) is 3.65. The number of aryl methyl sites for hydroxylation is 2. The number of nitrogens with one attached hydrogen (secondary N) is 1. The van der Waals surface area contributed by atoms with Crippen molar-refractivity contribution in [2.24, 2.45) is 0 Å². The number of H-pyrrole nitrogens is 1. The van der Waals surface area contributed by atoms with Gasteiger partial charge in [-0.1, -0.05) is 5.16 Å². The second-order valence-corrected chi connectivity index (χ2v) is 5.43. The van der Waals surface area contributed by atoms with Crippen molar-refractivity contribution in [3.05, 3.63) is 29.2 Å². The van der Waals surface area contributed by atoms with E-state index in [4.69, 9.17) is 19.7 Å². The number of rotatable bonds is 4. The lowest BCUT2D eigenvalue weighted by molar-refractivity contribution is 0.0530. The quantitative estimate of drug-likeness (QED) is 0.712. The van der Waals surface area contributed by atoms with Gasteiger partial charge < -0.3 is 24.7 Å². The summed E-state index contributed by atoms with van der Waals surface area (Å²) in [4.78, 5) is 15.2. The number of nitrogens with two attached hydrogens (primary N) is 1. The fourth-order valence-corrected chi connectivity index (χ4v) is 2.90. The van der Waals surface area contributed by atoms with Crippen molar-refractivity contribution in [3.8, 4) is 16.9 Å². The Bertz CT molecular complexity index is 904. The van der Waals surface area contributed by atoms with E-state index in [1.54, 1.807) is 20.1 Å². The molecular formula is C17H19N3O4. The molecule has 3 aromatic rings. The minimum absolute atomic E-state index is 0.265. The zero-order valence-electron chi connectivity index (χ0n) is 14.0. The van der Waals surface area contributed by atoms with Crippen LogP contribution < -0.4 is 10.5 Å². The maximum atomic E-state index is 12.2. The smallest absolute Gasteiger partial charge is 0.342 e. The maximum Gasteiger partial charge on any atom is 0.342 e. The van der Waals surface area contributed by atoms with E-state index in [0.717, 1.165) is 16.8 Å². The average Bonchev–Trinajstić information content (AvgIpc) is 3.04. The van der Waals surface area contributed by atoms with Crippen molar-refractivity contribution in [3.63, 3.8) is 0 Å². The molecule has 0 saturated carbocycles. The molecule has 0 amide bonds. The molecule has 0 aliphatic rings. The summed E-state index contributed by atoms with van der Waals surface area (Å²) in [6.07, 6.45) is 0. The topological polar surface area (TPSA) is 103 Å². The first-order valence-electron chi connectivity index (χ1n) is 7.57. The minimum atomic E-state index is -0.464. The number of esters is 1. The number of hydrogen-bond donors (Lipinski definition) is 2. The number of carbonyl (C=O) groups is 1. The Morgan fingerprint density at radius 2 is 2.12 bits per heavy atom. The number of fused-ring (bicyclic) bond motifs is 1. The van der Waals surface area contributed by atoms with Crippen LogP contribution in [0.2, 0.25) is 0 Å². The van der Waals surface area contributed by atoms with Gasteiger partial charge in [0.2, 0.25) is 0 Å². The molecule has 0 atom stereocenters. The lowest BCUT2D eigenvalue weighted by Crippen LogP contribution is -2.06. The molecule has 0 radical (unpaired) electrons. The number of methoxy groups -OCH3 is 1. The van der Waals surface area contributed by atoms with E-state index in [1.807, 2.05) is 19.9 Å².